The summed E-state index contributed by atoms with van der Waals surface area (Å²) in [6.07, 6.45) is 3.10. The van der Waals surface area contributed by atoms with Crippen molar-refractivity contribution >= 4 is 17.9 Å². The summed E-state index contributed by atoms with van der Waals surface area (Å²) in [5.74, 6) is 1.01. The standard InChI is InChI=1S/C27H28FN3O3/c1-5-23-14-20-15-25(33-3)26(34-4)16-21(20)17-29-31(23)27(32)30(2)24-12-8-19(9-13-24)18-6-10-22(28)11-7-18/h6-13,15-17,23H,5,14H2,1-4H3. The molecule has 1 heterocycles. The summed E-state index contributed by atoms with van der Waals surface area (Å²) in [7, 11) is 4.94. The van der Waals surface area contributed by atoms with E-state index in [1.54, 1.807) is 49.5 Å². The van der Waals surface area contributed by atoms with E-state index in [0.717, 1.165) is 34.4 Å². The Morgan fingerprint density at radius 3 is 2.21 bits per heavy atom. The predicted molar refractivity (Wildman–Crippen MR) is 132 cm³/mol. The number of halogens is 1. The second-order valence-corrected chi connectivity index (χ2v) is 8.16. The number of urea groups is 1. The first kappa shape index (κ1) is 23.3. The van der Waals surface area contributed by atoms with Gasteiger partial charge in [-0.25, -0.2) is 14.2 Å². The van der Waals surface area contributed by atoms with Crippen molar-refractivity contribution in [3.63, 3.8) is 0 Å². The van der Waals surface area contributed by atoms with Crippen molar-refractivity contribution in [1.29, 1.82) is 0 Å². The zero-order chi connectivity index (χ0) is 24.2. The van der Waals surface area contributed by atoms with Gasteiger partial charge in [-0.1, -0.05) is 31.2 Å². The highest BCUT2D eigenvalue weighted by Crippen LogP contribution is 2.33. The van der Waals surface area contributed by atoms with Crippen LogP contribution in [0, 0.1) is 5.82 Å². The average Bonchev–Trinajstić information content (AvgIpc) is 3.06. The Morgan fingerprint density at radius 1 is 1.03 bits per heavy atom. The summed E-state index contributed by atoms with van der Waals surface area (Å²) in [6.45, 7) is 2.05. The van der Waals surface area contributed by atoms with Crippen molar-refractivity contribution in [1.82, 2.24) is 5.01 Å². The predicted octanol–water partition coefficient (Wildman–Crippen LogP) is 5.74. The summed E-state index contributed by atoms with van der Waals surface area (Å²) in [5, 5.41) is 6.10. The first-order chi connectivity index (χ1) is 16.4. The zero-order valence-corrected chi connectivity index (χ0v) is 19.8. The van der Waals surface area contributed by atoms with Crippen LogP contribution in [0.1, 0.15) is 24.5 Å². The van der Waals surface area contributed by atoms with Crippen LogP contribution in [0.15, 0.2) is 65.8 Å². The van der Waals surface area contributed by atoms with Crippen molar-refractivity contribution in [3.8, 4) is 22.6 Å². The number of anilines is 1. The minimum absolute atomic E-state index is 0.107. The second kappa shape index (κ2) is 9.95. The van der Waals surface area contributed by atoms with Gasteiger partial charge in [0.05, 0.1) is 26.5 Å². The third-order valence-corrected chi connectivity index (χ3v) is 6.15. The minimum Gasteiger partial charge on any atom is -0.493 e. The molecule has 0 saturated carbocycles. The molecular weight excluding hydrogens is 433 g/mol. The molecule has 0 aromatic heterocycles. The van der Waals surface area contributed by atoms with Crippen LogP contribution in [0.3, 0.4) is 0 Å². The van der Waals surface area contributed by atoms with Crippen LogP contribution in [-0.4, -0.2) is 44.6 Å². The number of ether oxygens (including phenoxy) is 2. The first-order valence-corrected chi connectivity index (χ1v) is 11.2. The molecule has 1 aliphatic rings. The van der Waals surface area contributed by atoms with E-state index in [9.17, 15) is 9.18 Å². The number of carbonyl (C=O) groups is 1. The van der Waals surface area contributed by atoms with Crippen LogP contribution in [0.5, 0.6) is 11.5 Å². The van der Waals surface area contributed by atoms with Gasteiger partial charge in [-0.3, -0.25) is 4.90 Å². The van der Waals surface area contributed by atoms with E-state index in [1.807, 2.05) is 43.3 Å². The quantitative estimate of drug-likeness (QED) is 0.487. The Kier molecular flexibility index (Phi) is 6.82. The molecule has 0 N–H and O–H groups in total. The van der Waals surface area contributed by atoms with Gasteiger partial charge in [-0.15, -0.1) is 0 Å². The van der Waals surface area contributed by atoms with Gasteiger partial charge < -0.3 is 9.47 Å². The number of nitrogens with zero attached hydrogens (tertiary/aromatic N) is 3. The molecule has 1 unspecified atom stereocenters. The van der Waals surface area contributed by atoms with Gasteiger partial charge in [0.25, 0.3) is 0 Å². The molecule has 3 aromatic rings. The van der Waals surface area contributed by atoms with Crippen molar-refractivity contribution in [2.24, 2.45) is 5.10 Å². The summed E-state index contributed by atoms with van der Waals surface area (Å²) in [6, 6.07) is 17.4. The molecule has 3 aromatic carbocycles. The zero-order valence-electron chi connectivity index (χ0n) is 19.8. The van der Waals surface area contributed by atoms with Gasteiger partial charge in [-0.05, 0) is 65.9 Å². The van der Waals surface area contributed by atoms with Crippen molar-refractivity contribution in [3.05, 3.63) is 77.6 Å². The molecule has 7 heteroatoms. The smallest absolute Gasteiger partial charge is 0.344 e. The summed E-state index contributed by atoms with van der Waals surface area (Å²) >= 11 is 0. The fourth-order valence-electron chi connectivity index (χ4n) is 4.10. The summed E-state index contributed by atoms with van der Waals surface area (Å²) in [5.41, 5.74) is 4.55. The number of rotatable bonds is 5. The molecule has 176 valence electrons. The maximum Gasteiger partial charge on any atom is 0.344 e. The van der Waals surface area contributed by atoms with Crippen LogP contribution >= 0.6 is 0 Å². The van der Waals surface area contributed by atoms with E-state index in [-0.39, 0.29) is 17.9 Å². The molecule has 1 aliphatic heterocycles. The molecule has 6 nitrogen and oxygen atoms in total. The van der Waals surface area contributed by atoms with Crippen LogP contribution in [0.2, 0.25) is 0 Å². The Hall–Kier alpha value is -3.87. The molecular formula is C27H28FN3O3. The van der Waals surface area contributed by atoms with Gasteiger partial charge in [0.15, 0.2) is 11.5 Å². The molecule has 2 amide bonds. The number of methoxy groups -OCH3 is 2. The lowest BCUT2D eigenvalue weighted by atomic mass is 9.99. The first-order valence-electron chi connectivity index (χ1n) is 11.2. The number of hydrazone groups is 1. The van der Waals surface area contributed by atoms with Crippen LogP contribution in [0.25, 0.3) is 11.1 Å². The van der Waals surface area contributed by atoms with Crippen molar-refractivity contribution < 1.29 is 18.7 Å². The monoisotopic (exact) mass is 461 g/mol. The Labute approximate surface area is 199 Å². The van der Waals surface area contributed by atoms with Crippen molar-refractivity contribution in [2.75, 3.05) is 26.2 Å². The third-order valence-electron chi connectivity index (χ3n) is 6.15. The Morgan fingerprint density at radius 2 is 1.62 bits per heavy atom. The van der Waals surface area contributed by atoms with Gasteiger partial charge in [0.1, 0.15) is 5.82 Å². The molecule has 0 saturated heterocycles. The number of amides is 2. The normalized spacial score (nSPS) is 14.9. The molecule has 4 rings (SSSR count). The van der Waals surface area contributed by atoms with Gasteiger partial charge in [-0.2, -0.15) is 5.10 Å². The highest BCUT2D eigenvalue weighted by atomic mass is 19.1. The maximum atomic E-state index is 13.5. The highest BCUT2D eigenvalue weighted by molar-refractivity contribution is 5.93. The highest BCUT2D eigenvalue weighted by Gasteiger charge is 2.29. The molecule has 1 atom stereocenters. The van der Waals surface area contributed by atoms with Crippen LogP contribution in [0.4, 0.5) is 14.9 Å². The lowest BCUT2D eigenvalue weighted by Gasteiger charge is -2.29. The molecule has 0 aliphatic carbocycles. The molecule has 0 radical (unpaired) electrons. The van der Waals surface area contributed by atoms with Gasteiger partial charge >= 0.3 is 6.03 Å². The largest absolute Gasteiger partial charge is 0.493 e. The Balaban J connectivity index is 1.57. The van der Waals surface area contributed by atoms with Gasteiger partial charge in [0, 0.05) is 18.3 Å². The fraction of sp³-hybridized carbons (Fsp3) is 0.259. The van der Waals surface area contributed by atoms with Crippen LogP contribution < -0.4 is 14.4 Å². The lowest BCUT2D eigenvalue weighted by molar-refractivity contribution is 0.183. The molecule has 34 heavy (non-hydrogen) atoms. The van der Waals surface area contributed by atoms with Crippen molar-refractivity contribution in [2.45, 2.75) is 25.8 Å². The summed E-state index contributed by atoms with van der Waals surface area (Å²) < 4.78 is 24.1. The fourth-order valence-corrected chi connectivity index (χ4v) is 4.10. The Bertz CT molecular complexity index is 1190. The van der Waals surface area contributed by atoms with E-state index in [2.05, 4.69) is 5.10 Å². The van der Waals surface area contributed by atoms with E-state index in [1.165, 1.54) is 12.1 Å². The summed E-state index contributed by atoms with van der Waals surface area (Å²) in [4.78, 5) is 15.0. The van der Waals surface area contributed by atoms with Crippen LogP contribution in [-0.2, 0) is 6.42 Å². The number of carbonyl (C=O) groups excluding carboxylic acids is 1. The second-order valence-electron chi connectivity index (χ2n) is 8.16. The van der Waals surface area contributed by atoms with E-state index in [0.29, 0.717) is 17.9 Å². The third kappa shape index (κ3) is 4.59. The van der Waals surface area contributed by atoms with E-state index < -0.39 is 0 Å². The molecule has 0 spiro atoms. The topological polar surface area (TPSA) is 54.4 Å². The van der Waals surface area contributed by atoms with E-state index >= 15 is 0 Å². The number of hydrogen-bond donors (Lipinski definition) is 0. The lowest BCUT2D eigenvalue weighted by Crippen LogP contribution is -2.44. The number of fused-ring (bicyclic) bond motifs is 1. The number of hydrogen-bond acceptors (Lipinski definition) is 4. The van der Waals surface area contributed by atoms with E-state index in [4.69, 9.17) is 9.47 Å². The maximum absolute atomic E-state index is 13.5. The van der Waals surface area contributed by atoms with Gasteiger partial charge in [0.2, 0.25) is 0 Å². The SMILES string of the molecule is CCC1Cc2cc(OC)c(OC)cc2C=NN1C(=O)N(C)c1ccc(-c2ccc(F)cc2)cc1. The average molecular weight is 462 g/mol. The molecule has 0 bridgehead atoms. The molecule has 0 fully saturated rings. The minimum atomic E-state index is -0.270. The number of benzene rings is 3.